The monoisotopic (exact) mass is 498 g/mol. The van der Waals surface area contributed by atoms with Crippen LogP contribution in [0.5, 0.6) is 0 Å². The summed E-state index contributed by atoms with van der Waals surface area (Å²) in [6, 6.07) is 21.1. The second-order valence-corrected chi connectivity index (χ2v) is 8.85. The van der Waals surface area contributed by atoms with Crippen LogP contribution >= 0.6 is 0 Å². The van der Waals surface area contributed by atoms with E-state index in [1.54, 1.807) is 18.3 Å². The highest BCUT2D eigenvalue weighted by Crippen LogP contribution is 2.28. The van der Waals surface area contributed by atoms with Gasteiger partial charge in [-0.15, -0.1) is 0 Å². The maximum Gasteiger partial charge on any atom is 0.303 e. The lowest BCUT2D eigenvalue weighted by atomic mass is 9.99. The molecule has 37 heavy (non-hydrogen) atoms. The quantitative estimate of drug-likeness (QED) is 0.198. The molecule has 0 aliphatic carbocycles. The molecule has 0 saturated heterocycles. The normalized spacial score (nSPS) is 11.7. The van der Waals surface area contributed by atoms with E-state index in [-0.39, 0.29) is 24.7 Å². The van der Waals surface area contributed by atoms with Gasteiger partial charge in [0.05, 0.1) is 6.04 Å². The zero-order chi connectivity index (χ0) is 26.0. The number of carboxylic acids is 1. The van der Waals surface area contributed by atoms with Crippen LogP contribution in [0.25, 0.3) is 23.0 Å². The van der Waals surface area contributed by atoms with Crippen LogP contribution in [-0.2, 0) is 4.79 Å². The number of pyridine rings is 1. The van der Waals surface area contributed by atoms with Crippen molar-refractivity contribution in [1.82, 2.24) is 15.1 Å². The zero-order valence-corrected chi connectivity index (χ0v) is 20.8. The van der Waals surface area contributed by atoms with Crippen LogP contribution in [0.2, 0.25) is 0 Å². The predicted octanol–water partition coefficient (Wildman–Crippen LogP) is 6.58. The van der Waals surface area contributed by atoms with Crippen LogP contribution in [0.15, 0.2) is 77.4 Å². The van der Waals surface area contributed by atoms with Crippen molar-refractivity contribution in [3.05, 3.63) is 84.1 Å². The van der Waals surface area contributed by atoms with Crippen molar-refractivity contribution in [3.8, 4) is 23.0 Å². The Morgan fingerprint density at radius 2 is 1.76 bits per heavy atom. The minimum atomic E-state index is -0.884. The Hall–Kier alpha value is -4.33. The predicted molar refractivity (Wildman–Crippen MR) is 141 cm³/mol. The number of hydrogen-bond donors (Lipinski definition) is 2. The molecule has 2 N–H and O–H groups in total. The maximum absolute atomic E-state index is 12.3. The van der Waals surface area contributed by atoms with Gasteiger partial charge in [-0.25, -0.2) is 0 Å². The number of unbranched alkanes of at least 4 members (excludes halogenated alkanes) is 1. The lowest BCUT2D eigenvalue weighted by molar-refractivity contribution is -0.137. The first-order valence-electron chi connectivity index (χ1n) is 12.5. The lowest BCUT2D eigenvalue weighted by Gasteiger charge is -2.21. The molecular formula is C29H30N4O4. The molecule has 0 radical (unpaired) electrons. The van der Waals surface area contributed by atoms with Gasteiger partial charge < -0.3 is 14.9 Å². The van der Waals surface area contributed by atoms with Crippen molar-refractivity contribution in [2.24, 2.45) is 0 Å². The highest BCUT2D eigenvalue weighted by atomic mass is 16.5. The summed E-state index contributed by atoms with van der Waals surface area (Å²) in [5, 5.41) is 16.5. The number of aliphatic carboxylic acids is 1. The summed E-state index contributed by atoms with van der Waals surface area (Å²) >= 11 is 0. The summed E-state index contributed by atoms with van der Waals surface area (Å²) in [7, 11) is 0. The van der Waals surface area contributed by atoms with Gasteiger partial charge in [0.25, 0.3) is 5.89 Å². The van der Waals surface area contributed by atoms with Gasteiger partial charge in [-0.1, -0.05) is 55.3 Å². The van der Waals surface area contributed by atoms with Crippen molar-refractivity contribution in [2.45, 2.75) is 51.5 Å². The SMILES string of the molecule is CCCC[C@@H](Nc1ccc(C(=O)CCCC(=O)O)cc1)c1ccc(-c2noc(-c3ccccn3)n2)cc1. The molecule has 0 aliphatic heterocycles. The number of carbonyl (C=O) groups excluding carboxylic acids is 1. The van der Waals surface area contributed by atoms with Crippen LogP contribution in [0.3, 0.4) is 0 Å². The van der Waals surface area contributed by atoms with Gasteiger partial charge in [-0.05, 0) is 54.8 Å². The molecule has 1 atom stereocenters. The molecule has 0 spiro atoms. The van der Waals surface area contributed by atoms with E-state index in [0.29, 0.717) is 29.4 Å². The van der Waals surface area contributed by atoms with E-state index in [2.05, 4.69) is 39.5 Å². The Morgan fingerprint density at radius 1 is 0.973 bits per heavy atom. The summed E-state index contributed by atoms with van der Waals surface area (Å²) in [6.07, 6.45) is 5.37. The third-order valence-corrected chi connectivity index (χ3v) is 6.07. The first-order valence-corrected chi connectivity index (χ1v) is 12.5. The molecule has 190 valence electrons. The topological polar surface area (TPSA) is 118 Å². The Bertz CT molecular complexity index is 1300. The van der Waals surface area contributed by atoms with E-state index in [4.69, 9.17) is 9.63 Å². The average molecular weight is 499 g/mol. The number of carboxylic acid groups (broad SMARTS) is 1. The standard InChI is InChI=1S/C29H30N4O4/c1-2-3-7-24(31-23-17-15-21(16-18-23)26(34)9-6-10-27(35)36)20-11-13-22(14-12-20)28-32-29(37-33-28)25-8-4-5-19-30-25/h4-5,8,11-19,24,31H,2-3,6-7,9-10H2,1H3,(H,35,36)/t24-/m1/s1. The number of anilines is 1. The molecule has 8 heteroatoms. The Labute approximate surface area is 215 Å². The van der Waals surface area contributed by atoms with E-state index in [1.807, 2.05) is 42.5 Å². The first kappa shape index (κ1) is 25.8. The number of aromatic nitrogens is 3. The largest absolute Gasteiger partial charge is 0.481 e. The summed E-state index contributed by atoms with van der Waals surface area (Å²) in [5.74, 6) is -0.0384. The van der Waals surface area contributed by atoms with Crippen molar-refractivity contribution >= 4 is 17.4 Å². The molecule has 0 aliphatic rings. The highest BCUT2D eigenvalue weighted by molar-refractivity contribution is 5.96. The van der Waals surface area contributed by atoms with E-state index in [9.17, 15) is 9.59 Å². The van der Waals surface area contributed by atoms with Gasteiger partial charge in [0, 0.05) is 35.9 Å². The maximum atomic E-state index is 12.3. The Kier molecular flexibility index (Phi) is 8.75. The number of hydrogen-bond acceptors (Lipinski definition) is 7. The molecule has 2 aromatic carbocycles. The summed E-state index contributed by atoms with van der Waals surface area (Å²) < 4.78 is 5.39. The Morgan fingerprint density at radius 3 is 2.43 bits per heavy atom. The molecule has 8 nitrogen and oxygen atoms in total. The van der Waals surface area contributed by atoms with Crippen LogP contribution in [0.4, 0.5) is 5.69 Å². The minimum Gasteiger partial charge on any atom is -0.481 e. The fourth-order valence-corrected chi connectivity index (χ4v) is 4.03. The van der Waals surface area contributed by atoms with Crippen LogP contribution in [-0.4, -0.2) is 32.0 Å². The number of ketones is 1. The molecule has 4 rings (SSSR count). The third kappa shape index (κ3) is 7.10. The number of Topliss-reactive ketones (excluding diaryl/α,β-unsaturated/α-hetero) is 1. The zero-order valence-electron chi connectivity index (χ0n) is 20.8. The van der Waals surface area contributed by atoms with Gasteiger partial charge in [0.1, 0.15) is 5.69 Å². The minimum absolute atomic E-state index is 0.00138. The lowest BCUT2D eigenvalue weighted by Crippen LogP contribution is -2.11. The van der Waals surface area contributed by atoms with Crippen molar-refractivity contribution < 1.29 is 19.2 Å². The molecule has 0 fully saturated rings. The second-order valence-electron chi connectivity index (χ2n) is 8.85. The first-order chi connectivity index (χ1) is 18.0. The number of nitrogens with one attached hydrogen (secondary N) is 1. The van der Waals surface area contributed by atoms with E-state index < -0.39 is 5.97 Å². The third-order valence-electron chi connectivity index (χ3n) is 6.07. The van der Waals surface area contributed by atoms with Gasteiger partial charge in [0.15, 0.2) is 5.78 Å². The highest BCUT2D eigenvalue weighted by Gasteiger charge is 2.15. The molecule has 0 amide bonds. The smallest absolute Gasteiger partial charge is 0.303 e. The number of benzene rings is 2. The average Bonchev–Trinajstić information content (AvgIpc) is 3.42. The van der Waals surface area contributed by atoms with Crippen molar-refractivity contribution in [1.29, 1.82) is 0 Å². The van der Waals surface area contributed by atoms with Gasteiger partial charge in [-0.2, -0.15) is 4.98 Å². The van der Waals surface area contributed by atoms with Crippen LogP contribution < -0.4 is 5.32 Å². The molecule has 2 aromatic heterocycles. The second kappa shape index (κ2) is 12.6. The van der Waals surface area contributed by atoms with Crippen molar-refractivity contribution in [2.75, 3.05) is 5.32 Å². The number of nitrogens with zero attached hydrogens (tertiary/aromatic N) is 3. The Balaban J connectivity index is 1.43. The van der Waals surface area contributed by atoms with Gasteiger partial charge in [0.2, 0.25) is 5.82 Å². The molecule has 4 aromatic rings. The van der Waals surface area contributed by atoms with Crippen molar-refractivity contribution in [3.63, 3.8) is 0 Å². The van der Waals surface area contributed by atoms with E-state index >= 15 is 0 Å². The number of rotatable bonds is 13. The summed E-state index contributed by atoms with van der Waals surface area (Å²) in [4.78, 5) is 31.7. The fraction of sp³-hybridized carbons (Fsp3) is 0.276. The fourth-order valence-electron chi connectivity index (χ4n) is 4.03. The van der Waals surface area contributed by atoms with E-state index in [0.717, 1.165) is 36.1 Å². The molecule has 0 unspecified atom stereocenters. The van der Waals surface area contributed by atoms with Gasteiger partial charge >= 0.3 is 5.97 Å². The summed E-state index contributed by atoms with van der Waals surface area (Å²) in [5.41, 5.74) is 4.14. The summed E-state index contributed by atoms with van der Waals surface area (Å²) in [6.45, 7) is 2.17. The van der Waals surface area contributed by atoms with Gasteiger partial charge in [-0.3, -0.25) is 14.6 Å². The molecule has 0 saturated carbocycles. The molecular weight excluding hydrogens is 468 g/mol. The number of carbonyl (C=O) groups is 2. The molecule has 2 heterocycles. The molecule has 0 bridgehead atoms. The van der Waals surface area contributed by atoms with Crippen LogP contribution in [0, 0.1) is 0 Å². The van der Waals surface area contributed by atoms with E-state index in [1.165, 1.54) is 0 Å². The van der Waals surface area contributed by atoms with Crippen LogP contribution in [0.1, 0.15) is 67.4 Å².